The number of nitro benzene ring substituents is 1. The van der Waals surface area contributed by atoms with Crippen LogP contribution in [0.5, 0.6) is 5.75 Å². The molecule has 1 aromatic carbocycles. The van der Waals surface area contributed by atoms with Gasteiger partial charge in [0.1, 0.15) is 0 Å². The van der Waals surface area contributed by atoms with E-state index in [1.807, 2.05) is 13.8 Å². The maximum Gasteiger partial charge on any atom is 0.312 e. The van der Waals surface area contributed by atoms with Crippen molar-refractivity contribution in [1.82, 2.24) is 0 Å². The second-order valence-electron chi connectivity index (χ2n) is 4.43. The van der Waals surface area contributed by atoms with Crippen molar-refractivity contribution in [3.8, 4) is 5.75 Å². The van der Waals surface area contributed by atoms with Gasteiger partial charge >= 0.3 is 5.69 Å². The zero-order valence-electron chi connectivity index (χ0n) is 11.8. The first kappa shape index (κ1) is 15.0. The Labute approximate surface area is 125 Å². The molecule has 0 aliphatic heterocycles. The summed E-state index contributed by atoms with van der Waals surface area (Å²) in [5.41, 5.74) is 1.67. The van der Waals surface area contributed by atoms with Crippen LogP contribution in [0.4, 0.5) is 11.4 Å². The lowest BCUT2D eigenvalue weighted by atomic mass is 10.1. The van der Waals surface area contributed by atoms with Crippen molar-refractivity contribution in [3.63, 3.8) is 0 Å². The molecule has 1 N–H and O–H groups in total. The van der Waals surface area contributed by atoms with Crippen molar-refractivity contribution in [2.75, 3.05) is 12.4 Å². The molecule has 0 unspecified atom stereocenters. The van der Waals surface area contributed by atoms with E-state index >= 15 is 0 Å². The number of nitrogens with one attached hydrogen (secondary N) is 1. The summed E-state index contributed by atoms with van der Waals surface area (Å²) < 4.78 is 4.92. The van der Waals surface area contributed by atoms with E-state index in [4.69, 9.17) is 4.74 Å². The summed E-state index contributed by atoms with van der Waals surface area (Å²) in [5, 5.41) is 15.4. The lowest BCUT2D eigenvalue weighted by Crippen LogP contribution is -2.12. The molecule has 0 saturated carbocycles. The molecule has 0 aliphatic carbocycles. The Hall–Kier alpha value is -2.41. The van der Waals surface area contributed by atoms with Gasteiger partial charge in [0, 0.05) is 22.0 Å². The molecule has 0 atom stereocenters. The predicted molar refractivity (Wildman–Crippen MR) is 81.4 cm³/mol. The van der Waals surface area contributed by atoms with Crippen molar-refractivity contribution in [1.29, 1.82) is 0 Å². The fourth-order valence-corrected chi connectivity index (χ4v) is 2.71. The summed E-state index contributed by atoms with van der Waals surface area (Å²) in [4.78, 5) is 23.7. The molecule has 1 amide bonds. The number of benzene rings is 1. The molecule has 110 valence electrons. The number of hydrogen-bond acceptors (Lipinski definition) is 5. The van der Waals surface area contributed by atoms with E-state index in [0.717, 1.165) is 10.4 Å². The Balaban J connectivity index is 2.28. The van der Waals surface area contributed by atoms with Crippen LogP contribution in [0.3, 0.4) is 0 Å². The molecule has 2 rings (SSSR count). The van der Waals surface area contributed by atoms with Crippen LogP contribution in [-0.4, -0.2) is 17.9 Å². The number of methoxy groups -OCH3 is 1. The molecule has 7 heteroatoms. The molecule has 0 fully saturated rings. The third-order valence-corrected chi connectivity index (χ3v) is 4.18. The maximum absolute atomic E-state index is 12.2. The van der Waals surface area contributed by atoms with Crippen molar-refractivity contribution in [3.05, 3.63) is 49.7 Å². The fourth-order valence-electron chi connectivity index (χ4n) is 1.85. The van der Waals surface area contributed by atoms with Crippen LogP contribution in [0.1, 0.15) is 20.8 Å². The Morgan fingerprint density at radius 2 is 2.10 bits per heavy atom. The number of amides is 1. The molecule has 21 heavy (non-hydrogen) atoms. The van der Waals surface area contributed by atoms with E-state index in [0.29, 0.717) is 11.3 Å². The minimum absolute atomic E-state index is 0.153. The number of anilines is 1. The van der Waals surface area contributed by atoms with Crippen LogP contribution >= 0.6 is 11.3 Å². The minimum Gasteiger partial charge on any atom is -0.490 e. The highest BCUT2D eigenvalue weighted by Gasteiger charge is 2.17. The monoisotopic (exact) mass is 306 g/mol. The molecule has 1 aromatic heterocycles. The normalized spacial score (nSPS) is 10.2. The summed E-state index contributed by atoms with van der Waals surface area (Å²) in [6.45, 7) is 3.81. The maximum atomic E-state index is 12.2. The number of carbonyl (C=O) groups is 1. The lowest BCUT2D eigenvalue weighted by Gasteiger charge is -2.07. The highest BCUT2D eigenvalue weighted by atomic mass is 32.1. The first-order chi connectivity index (χ1) is 9.93. The fraction of sp³-hybridized carbons (Fsp3) is 0.214. The second kappa shape index (κ2) is 5.92. The number of aryl methyl sites for hydroxylation is 1. The van der Waals surface area contributed by atoms with E-state index in [-0.39, 0.29) is 17.3 Å². The van der Waals surface area contributed by atoms with Crippen LogP contribution in [0.15, 0.2) is 23.6 Å². The van der Waals surface area contributed by atoms with Crippen LogP contribution in [0.2, 0.25) is 0 Å². The van der Waals surface area contributed by atoms with Gasteiger partial charge < -0.3 is 10.1 Å². The van der Waals surface area contributed by atoms with E-state index < -0.39 is 4.92 Å². The average molecular weight is 306 g/mol. The smallest absolute Gasteiger partial charge is 0.312 e. The highest BCUT2D eigenvalue weighted by molar-refractivity contribution is 7.10. The summed E-state index contributed by atoms with van der Waals surface area (Å²) in [7, 11) is 1.36. The lowest BCUT2D eigenvalue weighted by molar-refractivity contribution is -0.385. The molecule has 0 spiro atoms. The Kier molecular flexibility index (Phi) is 4.23. The third-order valence-electron chi connectivity index (χ3n) is 3.16. The molecule has 1 heterocycles. The van der Waals surface area contributed by atoms with Crippen LogP contribution in [-0.2, 0) is 0 Å². The van der Waals surface area contributed by atoms with Crippen molar-refractivity contribution < 1.29 is 14.5 Å². The number of nitro groups is 1. The number of carbonyl (C=O) groups excluding carboxylic acids is 1. The van der Waals surface area contributed by atoms with Gasteiger partial charge in [-0.15, -0.1) is 11.3 Å². The molecular formula is C14H14N2O4S. The van der Waals surface area contributed by atoms with Crippen LogP contribution in [0, 0.1) is 24.0 Å². The summed E-state index contributed by atoms with van der Waals surface area (Å²) in [6, 6.07) is 4.31. The topological polar surface area (TPSA) is 81.5 Å². The minimum atomic E-state index is -0.547. The molecule has 2 aromatic rings. The summed E-state index contributed by atoms with van der Waals surface area (Å²) in [5.74, 6) is -0.128. The van der Waals surface area contributed by atoms with Gasteiger partial charge in [0.25, 0.3) is 5.91 Å². The van der Waals surface area contributed by atoms with Gasteiger partial charge in [-0.25, -0.2) is 0 Å². The largest absolute Gasteiger partial charge is 0.490 e. The Bertz CT molecular complexity index is 709. The standard InChI is InChI=1S/C14H14N2O4S/c1-8-9(2)21-7-11(8)14(17)15-10-4-5-13(20-3)12(6-10)16(18)19/h4-7H,1-3H3,(H,15,17). The summed E-state index contributed by atoms with van der Waals surface area (Å²) in [6.07, 6.45) is 0. The zero-order chi connectivity index (χ0) is 15.6. The van der Waals surface area contributed by atoms with Crippen molar-refractivity contribution in [2.24, 2.45) is 0 Å². The molecule has 0 aliphatic rings. The number of nitrogens with zero attached hydrogens (tertiary/aromatic N) is 1. The number of rotatable bonds is 4. The van der Waals surface area contributed by atoms with Gasteiger partial charge in [0.05, 0.1) is 17.6 Å². The zero-order valence-corrected chi connectivity index (χ0v) is 12.6. The van der Waals surface area contributed by atoms with Gasteiger partial charge in [0.15, 0.2) is 5.75 Å². The van der Waals surface area contributed by atoms with E-state index in [2.05, 4.69) is 5.32 Å². The van der Waals surface area contributed by atoms with E-state index in [9.17, 15) is 14.9 Å². The molecule has 0 bridgehead atoms. The first-order valence-corrected chi connectivity index (χ1v) is 7.00. The number of ether oxygens (including phenoxy) is 1. The Morgan fingerprint density at radius 3 is 2.62 bits per heavy atom. The molecular weight excluding hydrogens is 292 g/mol. The first-order valence-electron chi connectivity index (χ1n) is 6.12. The van der Waals surface area contributed by atoms with E-state index in [1.54, 1.807) is 11.4 Å². The predicted octanol–water partition coefficient (Wildman–Crippen LogP) is 3.53. The number of thiophene rings is 1. The van der Waals surface area contributed by atoms with E-state index in [1.165, 1.54) is 30.6 Å². The molecule has 0 radical (unpaired) electrons. The van der Waals surface area contributed by atoms with Gasteiger partial charge in [-0.2, -0.15) is 0 Å². The molecule has 0 saturated heterocycles. The Morgan fingerprint density at radius 1 is 1.38 bits per heavy atom. The summed E-state index contributed by atoms with van der Waals surface area (Å²) >= 11 is 1.49. The highest BCUT2D eigenvalue weighted by Crippen LogP contribution is 2.30. The SMILES string of the molecule is COc1ccc(NC(=O)c2csc(C)c2C)cc1[N+](=O)[O-]. The average Bonchev–Trinajstić information content (AvgIpc) is 2.79. The molecule has 6 nitrogen and oxygen atoms in total. The van der Waals surface area contributed by atoms with Gasteiger partial charge in [-0.05, 0) is 31.5 Å². The van der Waals surface area contributed by atoms with Crippen LogP contribution < -0.4 is 10.1 Å². The van der Waals surface area contributed by atoms with Gasteiger partial charge in [0.2, 0.25) is 0 Å². The van der Waals surface area contributed by atoms with Gasteiger partial charge in [-0.3, -0.25) is 14.9 Å². The van der Waals surface area contributed by atoms with Crippen molar-refractivity contribution in [2.45, 2.75) is 13.8 Å². The van der Waals surface area contributed by atoms with Crippen LogP contribution in [0.25, 0.3) is 0 Å². The third kappa shape index (κ3) is 3.03. The van der Waals surface area contributed by atoms with Crippen molar-refractivity contribution >= 4 is 28.6 Å². The number of hydrogen-bond donors (Lipinski definition) is 1. The quantitative estimate of drug-likeness (QED) is 0.692. The van der Waals surface area contributed by atoms with Gasteiger partial charge in [-0.1, -0.05) is 0 Å². The second-order valence-corrected chi connectivity index (χ2v) is 5.51.